The number of carboxylic acids is 1. The summed E-state index contributed by atoms with van der Waals surface area (Å²) in [5.41, 5.74) is 1.68. The summed E-state index contributed by atoms with van der Waals surface area (Å²) in [5, 5.41) is 9.38. The van der Waals surface area contributed by atoms with Crippen molar-refractivity contribution in [3.05, 3.63) is 77.1 Å². The minimum atomic E-state index is -0.835. The van der Waals surface area contributed by atoms with Crippen molar-refractivity contribution in [2.45, 2.75) is 39.2 Å². The molecule has 1 N–H and O–H groups in total. The van der Waals surface area contributed by atoms with Crippen LogP contribution in [0, 0.1) is 6.92 Å². The first-order chi connectivity index (χ1) is 15.4. The molecule has 1 atom stereocenters. The minimum absolute atomic E-state index is 0.0591. The van der Waals surface area contributed by atoms with Gasteiger partial charge in [-0.3, -0.25) is 9.78 Å². The van der Waals surface area contributed by atoms with Gasteiger partial charge in [0, 0.05) is 29.6 Å². The zero-order chi connectivity index (χ0) is 22.9. The van der Waals surface area contributed by atoms with E-state index in [0.717, 1.165) is 11.3 Å². The van der Waals surface area contributed by atoms with E-state index in [-0.39, 0.29) is 12.5 Å². The molecule has 6 nitrogen and oxygen atoms in total. The van der Waals surface area contributed by atoms with E-state index >= 15 is 0 Å². The first-order valence-corrected chi connectivity index (χ1v) is 10.8. The third kappa shape index (κ3) is 7.17. The van der Waals surface area contributed by atoms with Gasteiger partial charge in [0.25, 0.3) is 0 Å². The monoisotopic (exact) mass is 455 g/mol. The zero-order valence-electron chi connectivity index (χ0n) is 18.1. The molecule has 0 spiro atoms. The highest BCUT2D eigenvalue weighted by molar-refractivity contribution is 6.30. The number of ether oxygens (including phenoxy) is 3. The molecule has 1 unspecified atom stereocenters. The van der Waals surface area contributed by atoms with Crippen LogP contribution < -0.4 is 14.2 Å². The third-order valence-electron chi connectivity index (χ3n) is 4.74. The minimum Gasteiger partial charge on any atom is -0.492 e. The fourth-order valence-electron chi connectivity index (χ4n) is 3.04. The smallest absolute Gasteiger partial charge is 0.303 e. The van der Waals surface area contributed by atoms with Crippen LogP contribution in [0.2, 0.25) is 5.02 Å². The van der Waals surface area contributed by atoms with E-state index in [2.05, 4.69) is 4.98 Å². The summed E-state index contributed by atoms with van der Waals surface area (Å²) >= 11 is 6.14. The number of nitrogens with zero attached hydrogens (tertiary/aromatic N) is 1. The van der Waals surface area contributed by atoms with Crippen molar-refractivity contribution in [1.82, 2.24) is 4.98 Å². The Morgan fingerprint density at radius 3 is 2.59 bits per heavy atom. The van der Waals surface area contributed by atoms with Crippen LogP contribution in [0.1, 0.15) is 31.0 Å². The van der Waals surface area contributed by atoms with E-state index in [0.29, 0.717) is 47.5 Å². The van der Waals surface area contributed by atoms with Crippen molar-refractivity contribution in [2.24, 2.45) is 0 Å². The maximum absolute atomic E-state index is 10.7. The van der Waals surface area contributed by atoms with Crippen molar-refractivity contribution < 1.29 is 24.1 Å². The lowest BCUT2D eigenvalue weighted by molar-refractivity contribution is -0.136. The van der Waals surface area contributed by atoms with E-state index in [1.807, 2.05) is 50.2 Å². The molecule has 2 aromatic carbocycles. The summed E-state index contributed by atoms with van der Waals surface area (Å²) in [6, 6.07) is 16.6. The second-order valence-electron chi connectivity index (χ2n) is 7.40. The molecule has 0 saturated heterocycles. The lowest BCUT2D eigenvalue weighted by Gasteiger charge is -2.18. The summed E-state index contributed by atoms with van der Waals surface area (Å²) in [7, 11) is 0. The molecule has 0 fully saturated rings. The van der Waals surface area contributed by atoms with Crippen LogP contribution in [0.15, 0.2) is 60.8 Å². The van der Waals surface area contributed by atoms with Crippen molar-refractivity contribution >= 4 is 17.6 Å². The Balaban J connectivity index is 1.53. The summed E-state index contributed by atoms with van der Waals surface area (Å²) < 4.78 is 17.8. The maximum atomic E-state index is 10.7. The van der Waals surface area contributed by atoms with E-state index in [4.69, 9.17) is 30.9 Å². The number of halogens is 1. The number of hydrogen-bond acceptors (Lipinski definition) is 5. The van der Waals surface area contributed by atoms with Gasteiger partial charge in [0.1, 0.15) is 11.5 Å². The summed E-state index contributed by atoms with van der Waals surface area (Å²) in [4.78, 5) is 15.1. The van der Waals surface area contributed by atoms with Gasteiger partial charge in [-0.05, 0) is 49.7 Å². The van der Waals surface area contributed by atoms with Crippen LogP contribution in [-0.4, -0.2) is 28.8 Å². The normalized spacial score (nSPS) is 11.6. The second kappa shape index (κ2) is 11.4. The molecule has 0 saturated carbocycles. The van der Waals surface area contributed by atoms with Crippen LogP contribution in [0.4, 0.5) is 0 Å². The molecule has 1 heterocycles. The molecule has 7 heteroatoms. The second-order valence-corrected chi connectivity index (χ2v) is 7.84. The van der Waals surface area contributed by atoms with Crippen LogP contribution in [0.5, 0.6) is 23.0 Å². The lowest BCUT2D eigenvalue weighted by atomic mass is 10.1. The highest BCUT2D eigenvalue weighted by Gasteiger charge is 2.12. The van der Waals surface area contributed by atoms with Crippen LogP contribution in [-0.2, 0) is 11.2 Å². The average Bonchev–Trinajstić information content (AvgIpc) is 2.76. The molecule has 3 aromatic rings. The molecule has 0 aliphatic rings. The van der Waals surface area contributed by atoms with Crippen molar-refractivity contribution in [3.8, 4) is 23.0 Å². The Morgan fingerprint density at radius 1 is 1.09 bits per heavy atom. The predicted octanol–water partition coefficient (Wildman–Crippen LogP) is 6.09. The van der Waals surface area contributed by atoms with Crippen molar-refractivity contribution in [3.63, 3.8) is 0 Å². The molecule has 32 heavy (non-hydrogen) atoms. The Hall–Kier alpha value is -3.25. The van der Waals surface area contributed by atoms with Gasteiger partial charge >= 0.3 is 5.97 Å². The van der Waals surface area contributed by atoms with Gasteiger partial charge in [-0.15, -0.1) is 0 Å². The highest BCUT2D eigenvalue weighted by atomic mass is 35.5. The van der Waals surface area contributed by atoms with Gasteiger partial charge in [-0.25, -0.2) is 0 Å². The van der Waals surface area contributed by atoms with E-state index in [1.54, 1.807) is 24.4 Å². The van der Waals surface area contributed by atoms with Gasteiger partial charge in [-0.1, -0.05) is 29.8 Å². The summed E-state index contributed by atoms with van der Waals surface area (Å²) in [6.07, 6.45) is 2.61. The highest BCUT2D eigenvalue weighted by Crippen LogP contribution is 2.35. The molecule has 168 valence electrons. The maximum Gasteiger partial charge on any atom is 0.303 e. The standard InChI is InChI=1S/C25H26ClNO5/c1-17-14-21(16-27-22(17)9-11-25(28)29)30-13-12-18(2)31-23-10-8-19(26)15-24(23)32-20-6-4-3-5-7-20/h3-8,10,14-16,18H,9,11-13H2,1-2H3,(H,28,29). The number of rotatable bonds is 11. The quantitative estimate of drug-likeness (QED) is 0.377. The SMILES string of the molecule is Cc1cc(OCCC(C)Oc2ccc(Cl)cc2Oc2ccccc2)cnc1CCC(=O)O. The number of aryl methyl sites for hydroxylation is 2. The zero-order valence-corrected chi connectivity index (χ0v) is 18.8. The number of carbonyl (C=O) groups is 1. The molecule has 0 bridgehead atoms. The summed E-state index contributed by atoms with van der Waals surface area (Å²) in [6.45, 7) is 4.31. The Labute approximate surface area is 192 Å². The van der Waals surface area contributed by atoms with Crippen LogP contribution >= 0.6 is 11.6 Å². The molecule has 0 radical (unpaired) electrons. The number of aliphatic carboxylic acids is 1. The van der Waals surface area contributed by atoms with E-state index in [9.17, 15) is 4.79 Å². The molecular formula is C25H26ClNO5. The van der Waals surface area contributed by atoms with Crippen LogP contribution in [0.3, 0.4) is 0 Å². The number of pyridine rings is 1. The molecule has 0 amide bonds. The predicted molar refractivity (Wildman–Crippen MR) is 123 cm³/mol. The fourth-order valence-corrected chi connectivity index (χ4v) is 3.20. The summed E-state index contributed by atoms with van der Waals surface area (Å²) in [5.74, 6) is 1.66. The molecule has 0 aliphatic heterocycles. The van der Waals surface area contributed by atoms with Gasteiger partial charge in [0.05, 0.1) is 25.3 Å². The Kier molecular flexibility index (Phi) is 8.34. The van der Waals surface area contributed by atoms with E-state index < -0.39 is 5.97 Å². The topological polar surface area (TPSA) is 77.9 Å². The number of para-hydroxylation sites is 1. The molecule has 1 aromatic heterocycles. The first-order valence-electron chi connectivity index (χ1n) is 10.4. The van der Waals surface area contributed by atoms with Gasteiger partial charge in [0.2, 0.25) is 0 Å². The van der Waals surface area contributed by atoms with E-state index in [1.165, 1.54) is 0 Å². The number of carboxylic acid groups (broad SMARTS) is 1. The third-order valence-corrected chi connectivity index (χ3v) is 4.97. The van der Waals surface area contributed by atoms with Gasteiger partial charge in [-0.2, -0.15) is 0 Å². The molecular weight excluding hydrogens is 430 g/mol. The van der Waals surface area contributed by atoms with Crippen LogP contribution in [0.25, 0.3) is 0 Å². The van der Waals surface area contributed by atoms with Gasteiger partial charge in [0.15, 0.2) is 11.5 Å². The first kappa shape index (κ1) is 23.4. The van der Waals surface area contributed by atoms with Crippen molar-refractivity contribution in [1.29, 1.82) is 0 Å². The number of benzene rings is 2. The molecule has 0 aliphatic carbocycles. The van der Waals surface area contributed by atoms with Crippen molar-refractivity contribution in [2.75, 3.05) is 6.61 Å². The number of hydrogen-bond donors (Lipinski definition) is 1. The lowest BCUT2D eigenvalue weighted by Crippen LogP contribution is -2.16. The Morgan fingerprint density at radius 2 is 1.88 bits per heavy atom. The Bertz CT molecular complexity index is 1040. The van der Waals surface area contributed by atoms with Gasteiger partial charge < -0.3 is 19.3 Å². The fraction of sp³-hybridized carbons (Fsp3) is 0.280. The average molecular weight is 456 g/mol. The molecule has 3 rings (SSSR count). The number of aromatic nitrogens is 1. The largest absolute Gasteiger partial charge is 0.492 e.